The molecule has 2 aromatic carbocycles. The Kier molecular flexibility index (Phi) is 4.66. The first-order valence-corrected chi connectivity index (χ1v) is 9.81. The van der Waals surface area contributed by atoms with Crippen molar-refractivity contribution >= 4 is 11.6 Å². The van der Waals surface area contributed by atoms with Crippen LogP contribution in [0.4, 0.5) is 5.69 Å². The van der Waals surface area contributed by atoms with Gasteiger partial charge in [0.05, 0.1) is 0 Å². The minimum Gasteiger partial charge on any atom is -0.454 e. The molecule has 156 valence electrons. The number of benzene rings is 2. The fourth-order valence-electron chi connectivity index (χ4n) is 3.46. The molecule has 5 rings (SSSR count). The standard InChI is InChI=1S/C23H20N4O4/c1-15-5-3-6-17(11-15)26(2)21(28)13-27-10-4-7-18(27)23-24-22(25-31-23)16-8-9-19-20(12-16)30-14-29-19/h3-12H,13-14H2,1-2H3. The number of hydrogen-bond donors (Lipinski definition) is 0. The fourth-order valence-corrected chi connectivity index (χ4v) is 3.46. The predicted molar refractivity (Wildman–Crippen MR) is 114 cm³/mol. The lowest BCUT2D eigenvalue weighted by Crippen LogP contribution is -2.30. The number of carbonyl (C=O) groups is 1. The van der Waals surface area contributed by atoms with Crippen LogP contribution in [-0.2, 0) is 11.3 Å². The Balaban J connectivity index is 1.36. The van der Waals surface area contributed by atoms with Gasteiger partial charge in [-0.15, -0.1) is 0 Å². The summed E-state index contributed by atoms with van der Waals surface area (Å²) >= 11 is 0. The number of fused-ring (bicyclic) bond motifs is 1. The van der Waals surface area contributed by atoms with Crippen molar-refractivity contribution in [3.05, 3.63) is 66.4 Å². The molecule has 0 N–H and O–H groups in total. The van der Waals surface area contributed by atoms with E-state index in [2.05, 4.69) is 10.1 Å². The van der Waals surface area contributed by atoms with Crippen molar-refractivity contribution in [3.8, 4) is 34.5 Å². The van der Waals surface area contributed by atoms with E-state index in [1.165, 1.54) is 0 Å². The Morgan fingerprint density at radius 3 is 2.84 bits per heavy atom. The van der Waals surface area contributed by atoms with Gasteiger partial charge < -0.3 is 23.5 Å². The third-order valence-corrected chi connectivity index (χ3v) is 5.17. The van der Waals surface area contributed by atoms with Crippen molar-refractivity contribution in [1.82, 2.24) is 14.7 Å². The average Bonchev–Trinajstić information content (AvgIpc) is 3.52. The van der Waals surface area contributed by atoms with Crippen LogP contribution in [0.5, 0.6) is 11.5 Å². The molecule has 4 aromatic rings. The third kappa shape index (κ3) is 3.63. The zero-order chi connectivity index (χ0) is 21.4. The normalized spacial score (nSPS) is 12.2. The summed E-state index contributed by atoms with van der Waals surface area (Å²) in [7, 11) is 1.77. The van der Waals surface area contributed by atoms with Gasteiger partial charge in [0.15, 0.2) is 11.5 Å². The van der Waals surface area contributed by atoms with Gasteiger partial charge in [-0.1, -0.05) is 17.3 Å². The molecule has 1 aliphatic heterocycles. The summed E-state index contributed by atoms with van der Waals surface area (Å²) in [6.07, 6.45) is 1.82. The fraction of sp³-hybridized carbons (Fsp3) is 0.174. The topological polar surface area (TPSA) is 82.6 Å². The highest BCUT2D eigenvalue weighted by Crippen LogP contribution is 2.35. The number of aryl methyl sites for hydroxylation is 1. The Labute approximate surface area is 178 Å². The van der Waals surface area contributed by atoms with Crippen LogP contribution in [-0.4, -0.2) is 34.5 Å². The van der Waals surface area contributed by atoms with Crippen LogP contribution in [0.3, 0.4) is 0 Å². The number of rotatable bonds is 5. The number of anilines is 1. The molecule has 8 nitrogen and oxygen atoms in total. The highest BCUT2D eigenvalue weighted by Gasteiger charge is 2.20. The molecule has 0 spiro atoms. The van der Waals surface area contributed by atoms with Gasteiger partial charge in [-0.05, 0) is 55.0 Å². The Morgan fingerprint density at radius 1 is 1.10 bits per heavy atom. The van der Waals surface area contributed by atoms with E-state index in [9.17, 15) is 4.79 Å². The van der Waals surface area contributed by atoms with Crippen LogP contribution in [0.1, 0.15) is 5.56 Å². The zero-order valence-electron chi connectivity index (χ0n) is 17.1. The van der Waals surface area contributed by atoms with Crippen molar-refractivity contribution in [1.29, 1.82) is 0 Å². The maximum atomic E-state index is 12.9. The van der Waals surface area contributed by atoms with Gasteiger partial charge in [0.1, 0.15) is 12.2 Å². The number of nitrogens with zero attached hydrogens (tertiary/aromatic N) is 4. The number of carbonyl (C=O) groups excluding carboxylic acids is 1. The molecular weight excluding hydrogens is 396 g/mol. The maximum Gasteiger partial charge on any atom is 0.274 e. The van der Waals surface area contributed by atoms with Gasteiger partial charge in [-0.25, -0.2) is 0 Å². The minimum absolute atomic E-state index is 0.0569. The van der Waals surface area contributed by atoms with Crippen molar-refractivity contribution < 1.29 is 18.8 Å². The molecule has 0 fully saturated rings. The molecule has 1 amide bonds. The van der Waals surface area contributed by atoms with Gasteiger partial charge in [-0.3, -0.25) is 4.79 Å². The van der Waals surface area contributed by atoms with E-state index >= 15 is 0 Å². The predicted octanol–water partition coefficient (Wildman–Crippen LogP) is 3.91. The van der Waals surface area contributed by atoms with Crippen molar-refractivity contribution in [3.63, 3.8) is 0 Å². The molecule has 1 aliphatic rings. The molecule has 31 heavy (non-hydrogen) atoms. The van der Waals surface area contributed by atoms with E-state index in [1.807, 2.05) is 67.7 Å². The van der Waals surface area contributed by atoms with Gasteiger partial charge in [-0.2, -0.15) is 4.98 Å². The quantitative estimate of drug-likeness (QED) is 0.491. The lowest BCUT2D eigenvalue weighted by Gasteiger charge is -2.18. The van der Waals surface area contributed by atoms with Gasteiger partial charge in [0.2, 0.25) is 18.5 Å². The SMILES string of the molecule is Cc1cccc(N(C)C(=O)Cn2cccc2-c2nc(-c3ccc4c(c3)OCO4)no2)c1. The molecule has 0 saturated carbocycles. The highest BCUT2D eigenvalue weighted by atomic mass is 16.7. The summed E-state index contributed by atoms with van der Waals surface area (Å²) in [5.41, 5.74) is 3.38. The van der Waals surface area contributed by atoms with Crippen molar-refractivity contribution in [2.45, 2.75) is 13.5 Å². The van der Waals surface area contributed by atoms with Crippen LogP contribution in [0.15, 0.2) is 65.3 Å². The summed E-state index contributed by atoms with van der Waals surface area (Å²) in [4.78, 5) is 19.0. The first kappa shape index (κ1) is 18.9. The molecule has 0 aliphatic carbocycles. The Morgan fingerprint density at radius 2 is 1.97 bits per heavy atom. The molecule has 2 aromatic heterocycles. The number of amides is 1. The molecule has 0 radical (unpaired) electrons. The molecular formula is C23H20N4O4. The van der Waals surface area contributed by atoms with Crippen molar-refractivity contribution in [2.24, 2.45) is 0 Å². The van der Waals surface area contributed by atoms with Crippen LogP contribution in [0.2, 0.25) is 0 Å². The van der Waals surface area contributed by atoms with Crippen molar-refractivity contribution in [2.75, 3.05) is 18.7 Å². The van der Waals surface area contributed by atoms with Crippen LogP contribution in [0, 0.1) is 6.92 Å². The Bertz CT molecular complexity index is 1260. The largest absolute Gasteiger partial charge is 0.454 e. The van der Waals surface area contributed by atoms with Gasteiger partial charge in [0, 0.05) is 24.5 Å². The zero-order valence-corrected chi connectivity index (χ0v) is 17.1. The van der Waals surface area contributed by atoms with E-state index in [-0.39, 0.29) is 19.2 Å². The second-order valence-corrected chi connectivity index (χ2v) is 7.30. The summed E-state index contributed by atoms with van der Waals surface area (Å²) < 4.78 is 18.0. The molecule has 3 heterocycles. The van der Waals surface area contributed by atoms with Crippen LogP contribution < -0.4 is 14.4 Å². The second kappa shape index (κ2) is 7.64. The number of likely N-dealkylation sites (N-methyl/N-ethyl adjacent to an activating group) is 1. The molecule has 0 unspecified atom stereocenters. The smallest absolute Gasteiger partial charge is 0.274 e. The molecule has 0 saturated heterocycles. The monoisotopic (exact) mass is 416 g/mol. The summed E-state index contributed by atoms with van der Waals surface area (Å²) in [5.74, 6) is 2.06. The summed E-state index contributed by atoms with van der Waals surface area (Å²) in [6.45, 7) is 2.35. The lowest BCUT2D eigenvalue weighted by atomic mass is 10.2. The Hall–Kier alpha value is -4.07. The van der Waals surface area contributed by atoms with E-state index in [0.717, 1.165) is 16.8 Å². The molecule has 0 bridgehead atoms. The number of aromatic nitrogens is 3. The summed E-state index contributed by atoms with van der Waals surface area (Å²) in [6, 6.07) is 17.0. The van der Waals surface area contributed by atoms with Gasteiger partial charge in [0.25, 0.3) is 5.89 Å². The first-order valence-electron chi connectivity index (χ1n) is 9.81. The lowest BCUT2D eigenvalue weighted by molar-refractivity contribution is -0.118. The van der Waals surface area contributed by atoms with E-state index < -0.39 is 0 Å². The molecule has 8 heteroatoms. The van der Waals surface area contributed by atoms with Crippen LogP contribution >= 0.6 is 0 Å². The average molecular weight is 416 g/mol. The second-order valence-electron chi connectivity index (χ2n) is 7.30. The molecule has 0 atom stereocenters. The first-order chi connectivity index (χ1) is 15.1. The number of hydrogen-bond acceptors (Lipinski definition) is 6. The van der Waals surface area contributed by atoms with E-state index in [0.29, 0.717) is 28.9 Å². The minimum atomic E-state index is -0.0569. The highest BCUT2D eigenvalue weighted by molar-refractivity contribution is 5.93. The summed E-state index contributed by atoms with van der Waals surface area (Å²) in [5, 5.41) is 4.09. The van der Waals surface area contributed by atoms with Crippen LogP contribution in [0.25, 0.3) is 23.0 Å². The number of ether oxygens (including phenoxy) is 2. The van der Waals surface area contributed by atoms with E-state index in [1.54, 1.807) is 16.5 Å². The van der Waals surface area contributed by atoms with E-state index in [4.69, 9.17) is 14.0 Å². The maximum absolute atomic E-state index is 12.9. The third-order valence-electron chi connectivity index (χ3n) is 5.17. The van der Waals surface area contributed by atoms with Gasteiger partial charge >= 0.3 is 0 Å².